The van der Waals surface area contributed by atoms with Crippen molar-refractivity contribution in [3.8, 4) is 0 Å². The van der Waals surface area contributed by atoms with Gasteiger partial charge in [0.2, 0.25) is 11.8 Å². The molecule has 110 valence electrons. The van der Waals surface area contributed by atoms with Crippen LogP contribution in [-0.4, -0.2) is 48.9 Å². The second-order valence-electron chi connectivity index (χ2n) is 5.47. The van der Waals surface area contributed by atoms with E-state index in [0.29, 0.717) is 25.3 Å². The quantitative estimate of drug-likeness (QED) is 0.776. The van der Waals surface area contributed by atoms with Gasteiger partial charge in [0.1, 0.15) is 0 Å². The molecule has 2 aliphatic heterocycles. The number of nitrogens with one attached hydrogen (secondary N) is 2. The van der Waals surface area contributed by atoms with Crippen molar-refractivity contribution < 1.29 is 9.59 Å². The summed E-state index contributed by atoms with van der Waals surface area (Å²) in [4.78, 5) is 25.2. The Kier molecular flexibility index (Phi) is 6.58. The van der Waals surface area contributed by atoms with E-state index in [1.54, 1.807) is 0 Å². The minimum Gasteiger partial charge on any atom is -0.352 e. The van der Waals surface area contributed by atoms with Crippen molar-refractivity contribution in [2.24, 2.45) is 5.92 Å². The first kappa shape index (κ1) is 16.2. The van der Waals surface area contributed by atoms with Crippen LogP contribution in [0.25, 0.3) is 0 Å². The summed E-state index contributed by atoms with van der Waals surface area (Å²) in [5.74, 6) is 0.810. The summed E-state index contributed by atoms with van der Waals surface area (Å²) < 4.78 is 0. The van der Waals surface area contributed by atoms with E-state index < -0.39 is 0 Å². The maximum atomic E-state index is 11.8. The summed E-state index contributed by atoms with van der Waals surface area (Å²) in [5, 5.41) is 6.26. The molecule has 0 aliphatic carbocycles. The number of carbonyl (C=O) groups excluding carboxylic acids is 2. The number of carbonyl (C=O) groups is 2. The molecule has 0 aromatic rings. The Morgan fingerprint density at radius 2 is 2.37 bits per heavy atom. The Morgan fingerprint density at radius 3 is 2.95 bits per heavy atom. The van der Waals surface area contributed by atoms with Gasteiger partial charge >= 0.3 is 0 Å². The standard InChI is InChI=1S/C13H23N3O2.ClH/c1-10(9-16-6-2-3-13(16)18)15-12(17)7-11-4-5-14-8-11;/h10-11,14H,2-9H2,1H3,(H,15,17);1H. The predicted molar refractivity (Wildman–Crippen MR) is 76.3 cm³/mol. The lowest BCUT2D eigenvalue weighted by Crippen LogP contribution is -2.42. The van der Waals surface area contributed by atoms with Crippen LogP contribution in [0.3, 0.4) is 0 Å². The van der Waals surface area contributed by atoms with E-state index in [4.69, 9.17) is 0 Å². The number of hydrogen-bond acceptors (Lipinski definition) is 3. The summed E-state index contributed by atoms with van der Waals surface area (Å²) in [6, 6.07) is 0.0499. The zero-order chi connectivity index (χ0) is 13.0. The Bertz CT molecular complexity index is 319. The van der Waals surface area contributed by atoms with Crippen LogP contribution in [0.1, 0.15) is 32.6 Å². The van der Waals surface area contributed by atoms with Gasteiger partial charge in [-0.25, -0.2) is 0 Å². The molecule has 0 aromatic heterocycles. The molecule has 2 heterocycles. The average molecular weight is 290 g/mol. The maximum absolute atomic E-state index is 11.8. The number of rotatable bonds is 5. The van der Waals surface area contributed by atoms with Crippen molar-refractivity contribution in [2.45, 2.75) is 38.6 Å². The van der Waals surface area contributed by atoms with Crippen molar-refractivity contribution in [3.63, 3.8) is 0 Å². The molecule has 2 unspecified atom stereocenters. The van der Waals surface area contributed by atoms with E-state index in [1.165, 1.54) is 0 Å². The van der Waals surface area contributed by atoms with Crippen LogP contribution in [0.2, 0.25) is 0 Å². The second kappa shape index (κ2) is 7.70. The van der Waals surface area contributed by atoms with Gasteiger partial charge in [0, 0.05) is 32.0 Å². The molecule has 0 radical (unpaired) electrons. The Morgan fingerprint density at radius 1 is 1.58 bits per heavy atom. The Hall–Kier alpha value is -0.810. The minimum atomic E-state index is 0. The van der Waals surface area contributed by atoms with Crippen LogP contribution in [0.5, 0.6) is 0 Å². The van der Waals surface area contributed by atoms with E-state index in [-0.39, 0.29) is 30.3 Å². The number of likely N-dealkylation sites (tertiary alicyclic amines) is 1. The number of hydrogen-bond donors (Lipinski definition) is 2. The molecule has 2 rings (SSSR count). The highest BCUT2D eigenvalue weighted by molar-refractivity contribution is 5.85. The molecule has 2 saturated heterocycles. The molecule has 0 saturated carbocycles. The Labute approximate surface area is 120 Å². The molecule has 19 heavy (non-hydrogen) atoms. The number of halogens is 1. The third-order valence-electron chi connectivity index (χ3n) is 3.71. The van der Waals surface area contributed by atoms with Gasteiger partial charge < -0.3 is 15.5 Å². The normalized spacial score (nSPS) is 24.2. The molecule has 5 nitrogen and oxygen atoms in total. The minimum absolute atomic E-state index is 0. The third kappa shape index (κ3) is 4.99. The molecule has 2 N–H and O–H groups in total. The highest BCUT2D eigenvalue weighted by atomic mass is 35.5. The van der Waals surface area contributed by atoms with Crippen molar-refractivity contribution in [1.29, 1.82) is 0 Å². The summed E-state index contributed by atoms with van der Waals surface area (Å²) >= 11 is 0. The van der Waals surface area contributed by atoms with Crippen molar-refractivity contribution in [3.05, 3.63) is 0 Å². The van der Waals surface area contributed by atoms with E-state index in [0.717, 1.165) is 32.5 Å². The largest absolute Gasteiger partial charge is 0.352 e. The molecule has 2 amide bonds. The van der Waals surface area contributed by atoms with Gasteiger partial charge in [-0.3, -0.25) is 9.59 Å². The van der Waals surface area contributed by atoms with E-state index in [9.17, 15) is 9.59 Å². The molecular formula is C13H24ClN3O2. The van der Waals surface area contributed by atoms with Crippen molar-refractivity contribution in [1.82, 2.24) is 15.5 Å². The SMILES string of the molecule is CC(CN1CCCC1=O)NC(=O)CC1CCNC1.Cl. The lowest BCUT2D eigenvalue weighted by Gasteiger charge is -2.22. The molecule has 0 spiro atoms. The number of amides is 2. The van der Waals surface area contributed by atoms with Crippen molar-refractivity contribution in [2.75, 3.05) is 26.2 Å². The zero-order valence-corrected chi connectivity index (χ0v) is 12.3. The van der Waals surface area contributed by atoms with Crippen LogP contribution in [0.4, 0.5) is 0 Å². The molecular weight excluding hydrogens is 266 g/mol. The monoisotopic (exact) mass is 289 g/mol. The first-order valence-electron chi connectivity index (χ1n) is 6.93. The molecule has 2 fully saturated rings. The van der Waals surface area contributed by atoms with Crippen LogP contribution in [0.15, 0.2) is 0 Å². The fourth-order valence-electron chi connectivity index (χ4n) is 2.76. The summed E-state index contributed by atoms with van der Waals surface area (Å²) in [5.41, 5.74) is 0. The summed E-state index contributed by atoms with van der Waals surface area (Å²) in [6.07, 6.45) is 3.30. The summed E-state index contributed by atoms with van der Waals surface area (Å²) in [6.45, 7) is 5.43. The van der Waals surface area contributed by atoms with Gasteiger partial charge in [0.25, 0.3) is 0 Å². The van der Waals surface area contributed by atoms with Crippen LogP contribution in [-0.2, 0) is 9.59 Å². The van der Waals surface area contributed by atoms with Gasteiger partial charge in [0.05, 0.1) is 0 Å². The highest BCUT2D eigenvalue weighted by Crippen LogP contribution is 2.12. The van der Waals surface area contributed by atoms with Gasteiger partial charge in [-0.15, -0.1) is 12.4 Å². The van der Waals surface area contributed by atoms with Gasteiger partial charge in [-0.1, -0.05) is 0 Å². The topological polar surface area (TPSA) is 61.4 Å². The average Bonchev–Trinajstić information content (AvgIpc) is 2.91. The van der Waals surface area contributed by atoms with E-state index >= 15 is 0 Å². The maximum Gasteiger partial charge on any atom is 0.222 e. The molecule has 2 atom stereocenters. The van der Waals surface area contributed by atoms with Crippen LogP contribution >= 0.6 is 12.4 Å². The Balaban J connectivity index is 0.00000180. The van der Waals surface area contributed by atoms with E-state index in [1.807, 2.05) is 11.8 Å². The fourth-order valence-corrected chi connectivity index (χ4v) is 2.76. The lowest BCUT2D eigenvalue weighted by atomic mass is 10.0. The first-order valence-corrected chi connectivity index (χ1v) is 6.93. The molecule has 0 bridgehead atoms. The predicted octanol–water partition coefficient (Wildman–Crippen LogP) is 0.535. The van der Waals surface area contributed by atoms with E-state index in [2.05, 4.69) is 10.6 Å². The van der Waals surface area contributed by atoms with Gasteiger partial charge in [-0.05, 0) is 38.8 Å². The third-order valence-corrected chi connectivity index (χ3v) is 3.71. The van der Waals surface area contributed by atoms with Gasteiger partial charge in [0.15, 0.2) is 0 Å². The zero-order valence-electron chi connectivity index (χ0n) is 11.5. The molecule has 2 aliphatic rings. The number of nitrogens with zero attached hydrogens (tertiary/aromatic N) is 1. The smallest absolute Gasteiger partial charge is 0.222 e. The fraction of sp³-hybridized carbons (Fsp3) is 0.846. The lowest BCUT2D eigenvalue weighted by molar-refractivity contribution is -0.129. The van der Waals surface area contributed by atoms with Crippen LogP contribution in [0, 0.1) is 5.92 Å². The molecule has 6 heteroatoms. The second-order valence-corrected chi connectivity index (χ2v) is 5.47. The first-order chi connectivity index (χ1) is 8.65. The molecule has 0 aromatic carbocycles. The van der Waals surface area contributed by atoms with Crippen LogP contribution < -0.4 is 10.6 Å². The summed E-state index contributed by atoms with van der Waals surface area (Å²) in [7, 11) is 0. The highest BCUT2D eigenvalue weighted by Gasteiger charge is 2.23. The van der Waals surface area contributed by atoms with Gasteiger partial charge in [-0.2, -0.15) is 0 Å². The van der Waals surface area contributed by atoms with Crippen molar-refractivity contribution >= 4 is 24.2 Å².